The summed E-state index contributed by atoms with van der Waals surface area (Å²) in [5.41, 5.74) is 0. The zero-order valence-electron chi connectivity index (χ0n) is 13.9. The van der Waals surface area contributed by atoms with Gasteiger partial charge in [-0.1, -0.05) is 13.8 Å². The van der Waals surface area contributed by atoms with E-state index in [-0.39, 0.29) is 18.5 Å². The van der Waals surface area contributed by atoms with Crippen molar-refractivity contribution < 1.29 is 14.7 Å². The van der Waals surface area contributed by atoms with Crippen LogP contribution in [0.4, 0.5) is 4.79 Å². The Morgan fingerprint density at radius 2 is 1.86 bits per heavy atom. The van der Waals surface area contributed by atoms with E-state index in [1.807, 2.05) is 13.2 Å². The predicted octanol–water partition coefficient (Wildman–Crippen LogP) is 2.91. The molecular weight excluding hydrogens is 288 g/mol. The first-order chi connectivity index (χ1) is 9.79. The maximum absolute atomic E-state index is 12.0. The van der Waals surface area contributed by atoms with Crippen LogP contribution < -0.4 is 5.32 Å². The summed E-state index contributed by atoms with van der Waals surface area (Å²) in [7, 11) is 1.81. The minimum Gasteiger partial charge on any atom is -0.481 e. The van der Waals surface area contributed by atoms with Crippen molar-refractivity contribution in [3.8, 4) is 0 Å². The summed E-state index contributed by atoms with van der Waals surface area (Å²) in [4.78, 5) is 24.4. The van der Waals surface area contributed by atoms with Gasteiger partial charge in [-0.3, -0.25) is 4.79 Å². The third-order valence-electron chi connectivity index (χ3n) is 3.85. The van der Waals surface area contributed by atoms with Gasteiger partial charge < -0.3 is 15.3 Å². The SMILES string of the molecule is CSCC(C)N(C)C(=O)NCCC(CCC(=O)O)C(C)C. The van der Waals surface area contributed by atoms with E-state index in [0.29, 0.717) is 24.8 Å². The maximum Gasteiger partial charge on any atom is 0.317 e. The molecule has 2 atom stereocenters. The van der Waals surface area contributed by atoms with Gasteiger partial charge in [-0.2, -0.15) is 11.8 Å². The first-order valence-corrected chi connectivity index (χ1v) is 8.90. The van der Waals surface area contributed by atoms with Gasteiger partial charge in [0.15, 0.2) is 0 Å². The highest BCUT2D eigenvalue weighted by Crippen LogP contribution is 2.20. The van der Waals surface area contributed by atoms with Gasteiger partial charge in [-0.25, -0.2) is 4.79 Å². The first kappa shape index (κ1) is 20.1. The highest BCUT2D eigenvalue weighted by atomic mass is 32.2. The molecule has 0 saturated heterocycles. The highest BCUT2D eigenvalue weighted by Gasteiger charge is 2.17. The number of hydrogen-bond donors (Lipinski definition) is 2. The second-order valence-electron chi connectivity index (χ2n) is 5.87. The molecule has 2 unspecified atom stereocenters. The van der Waals surface area contributed by atoms with Crippen LogP contribution in [-0.2, 0) is 4.79 Å². The number of nitrogens with zero attached hydrogens (tertiary/aromatic N) is 1. The predicted molar refractivity (Wildman–Crippen MR) is 88.8 cm³/mol. The number of hydrogen-bond acceptors (Lipinski definition) is 3. The van der Waals surface area contributed by atoms with E-state index in [2.05, 4.69) is 19.2 Å². The van der Waals surface area contributed by atoms with Gasteiger partial charge in [0, 0.05) is 31.8 Å². The maximum atomic E-state index is 12.0. The number of carboxylic acids is 1. The lowest BCUT2D eigenvalue weighted by Gasteiger charge is -2.26. The first-order valence-electron chi connectivity index (χ1n) is 7.51. The van der Waals surface area contributed by atoms with Crippen LogP contribution in [-0.4, -0.2) is 53.6 Å². The van der Waals surface area contributed by atoms with Gasteiger partial charge >= 0.3 is 12.0 Å². The van der Waals surface area contributed by atoms with Crippen LogP contribution in [0.15, 0.2) is 0 Å². The van der Waals surface area contributed by atoms with Crippen LogP contribution in [0.5, 0.6) is 0 Å². The number of carbonyl (C=O) groups is 2. The summed E-state index contributed by atoms with van der Waals surface area (Å²) in [5, 5.41) is 11.7. The van der Waals surface area contributed by atoms with Crippen LogP contribution in [0.3, 0.4) is 0 Å². The number of nitrogens with one attached hydrogen (secondary N) is 1. The minimum absolute atomic E-state index is 0.0581. The van der Waals surface area contributed by atoms with Crippen molar-refractivity contribution in [1.29, 1.82) is 0 Å². The molecule has 0 aromatic rings. The molecule has 0 aliphatic heterocycles. The summed E-state index contributed by atoms with van der Waals surface area (Å²) < 4.78 is 0. The lowest BCUT2D eigenvalue weighted by molar-refractivity contribution is -0.137. The number of amides is 2. The molecule has 2 N–H and O–H groups in total. The molecule has 21 heavy (non-hydrogen) atoms. The summed E-state index contributed by atoms with van der Waals surface area (Å²) in [5.74, 6) is 0.914. The van der Waals surface area contributed by atoms with Crippen molar-refractivity contribution in [2.75, 3.05) is 25.6 Å². The lowest BCUT2D eigenvalue weighted by Crippen LogP contribution is -2.44. The van der Waals surface area contributed by atoms with Crippen molar-refractivity contribution in [2.24, 2.45) is 11.8 Å². The Morgan fingerprint density at radius 1 is 1.24 bits per heavy atom. The van der Waals surface area contributed by atoms with Crippen LogP contribution in [0.25, 0.3) is 0 Å². The Balaban J connectivity index is 4.13. The average Bonchev–Trinajstić information content (AvgIpc) is 2.40. The smallest absolute Gasteiger partial charge is 0.317 e. The number of carboxylic acid groups (broad SMARTS) is 1. The molecule has 0 rings (SSSR count). The molecule has 6 heteroatoms. The Kier molecular flexibility index (Phi) is 10.3. The molecule has 0 aliphatic carbocycles. The van der Waals surface area contributed by atoms with Gasteiger partial charge in [0.25, 0.3) is 0 Å². The Bertz CT molecular complexity index is 324. The van der Waals surface area contributed by atoms with Gasteiger partial charge in [0.2, 0.25) is 0 Å². The summed E-state index contributed by atoms with van der Waals surface area (Å²) in [6.45, 7) is 6.82. The fraction of sp³-hybridized carbons (Fsp3) is 0.867. The van der Waals surface area contributed by atoms with E-state index in [9.17, 15) is 9.59 Å². The Labute approximate surface area is 132 Å². The lowest BCUT2D eigenvalue weighted by atomic mass is 9.88. The van der Waals surface area contributed by atoms with Crippen LogP contribution >= 0.6 is 11.8 Å². The minimum atomic E-state index is -0.754. The van der Waals surface area contributed by atoms with Crippen molar-refractivity contribution in [1.82, 2.24) is 10.2 Å². The molecule has 124 valence electrons. The van der Waals surface area contributed by atoms with Crippen molar-refractivity contribution in [2.45, 2.75) is 46.1 Å². The standard InChI is InChI=1S/C15H30N2O3S/c1-11(2)13(6-7-14(18)19)8-9-16-15(20)17(4)12(3)10-21-5/h11-13H,6-10H2,1-5H3,(H,16,20)(H,18,19). The topological polar surface area (TPSA) is 69.6 Å². The van der Waals surface area contributed by atoms with E-state index < -0.39 is 5.97 Å². The third kappa shape index (κ3) is 8.86. The second-order valence-corrected chi connectivity index (χ2v) is 6.78. The van der Waals surface area contributed by atoms with Crippen molar-refractivity contribution in [3.63, 3.8) is 0 Å². The van der Waals surface area contributed by atoms with E-state index in [0.717, 1.165) is 12.2 Å². The molecule has 0 radical (unpaired) electrons. The number of urea groups is 1. The molecule has 0 saturated carbocycles. The molecule has 2 amide bonds. The van der Waals surface area contributed by atoms with E-state index in [4.69, 9.17) is 5.11 Å². The number of carbonyl (C=O) groups excluding carboxylic acids is 1. The number of aliphatic carboxylic acids is 1. The van der Waals surface area contributed by atoms with Crippen LogP contribution in [0.1, 0.15) is 40.0 Å². The van der Waals surface area contributed by atoms with Gasteiger partial charge in [-0.05, 0) is 37.9 Å². The van der Waals surface area contributed by atoms with E-state index in [1.165, 1.54) is 0 Å². The largest absolute Gasteiger partial charge is 0.481 e. The zero-order valence-corrected chi connectivity index (χ0v) is 14.7. The molecule has 5 nitrogen and oxygen atoms in total. The summed E-state index contributed by atoms with van der Waals surface area (Å²) in [6, 6.07) is 0.144. The monoisotopic (exact) mass is 318 g/mol. The average molecular weight is 318 g/mol. The van der Waals surface area contributed by atoms with Gasteiger partial charge in [0.05, 0.1) is 0 Å². The second kappa shape index (κ2) is 10.8. The van der Waals surface area contributed by atoms with Gasteiger partial charge in [-0.15, -0.1) is 0 Å². The summed E-state index contributed by atoms with van der Waals surface area (Å²) in [6.07, 6.45) is 3.71. The van der Waals surface area contributed by atoms with Crippen molar-refractivity contribution >= 4 is 23.8 Å². The fourth-order valence-corrected chi connectivity index (χ4v) is 2.87. The molecule has 0 bridgehead atoms. The van der Waals surface area contributed by atoms with E-state index >= 15 is 0 Å². The molecule has 0 fully saturated rings. The Morgan fingerprint density at radius 3 is 2.33 bits per heavy atom. The molecule has 0 aliphatic rings. The zero-order chi connectivity index (χ0) is 16.4. The van der Waals surface area contributed by atoms with Crippen LogP contribution in [0.2, 0.25) is 0 Å². The molecule has 0 aromatic heterocycles. The summed E-state index contributed by atoms with van der Waals surface area (Å²) >= 11 is 1.72. The normalized spacial score (nSPS) is 13.8. The number of rotatable bonds is 10. The molecule has 0 spiro atoms. The van der Waals surface area contributed by atoms with Crippen LogP contribution in [0, 0.1) is 11.8 Å². The Hall–Kier alpha value is -0.910. The molecule has 0 aromatic carbocycles. The fourth-order valence-electron chi connectivity index (χ4n) is 2.16. The molecular formula is C15H30N2O3S. The third-order valence-corrected chi connectivity index (χ3v) is 4.67. The van der Waals surface area contributed by atoms with Crippen molar-refractivity contribution in [3.05, 3.63) is 0 Å². The highest BCUT2D eigenvalue weighted by molar-refractivity contribution is 7.98. The van der Waals surface area contributed by atoms with Gasteiger partial charge in [0.1, 0.15) is 0 Å². The van der Waals surface area contributed by atoms with E-state index in [1.54, 1.807) is 23.7 Å². The quantitative estimate of drug-likeness (QED) is 0.650. The number of thioether (sulfide) groups is 1. The molecule has 0 heterocycles.